The van der Waals surface area contributed by atoms with E-state index in [1.54, 1.807) is 0 Å². The standard InChI is InChI=1S/C53H84N6O17SSi2/c1-51(2,3)75-50(67)55-59(44(47(63)64)40(29-43-71-25-20-26-72-43)76-79(14,15)52(4,5)6)46(62)39(56-77(69,70)27-28-78(11,12)13)33-73-48(65)45(53(7,8)68)58(10)42(61)31-57(9)41(60)30-54-49(66)74-32-38-36-23-18-16-21-34(36)35-22-17-19-24-37(35)38/h16-19,21-24,38-40,43-45,56,68H,20,25-33H2,1-15H3,(H,54,66)(H,55,67)(H,63,64)/t39-,40+,44+,45-/m1/s1. The molecule has 4 atom stereocenters. The Morgan fingerprint density at radius 1 is 0.810 bits per heavy atom. The van der Waals surface area contributed by atoms with Gasteiger partial charge in [-0.3, -0.25) is 14.4 Å². The molecule has 0 saturated carbocycles. The molecule has 26 heteroatoms. The summed E-state index contributed by atoms with van der Waals surface area (Å²) >= 11 is 0. The maximum atomic E-state index is 15.2. The molecule has 1 saturated heterocycles. The quantitative estimate of drug-likeness (QED) is 0.0399. The number of benzene rings is 2. The van der Waals surface area contributed by atoms with Crippen LogP contribution in [0.1, 0.15) is 85.3 Å². The SMILES string of the molecule is CN(CC(=O)N(C)[C@H](C(=O)OC[C@@H](NS(=O)(=O)CC[Si](C)(C)C)C(=O)N(NC(=O)OC(C)(C)C)[C@H](C(=O)O)[C@H](CC1OCCCO1)O[Si](C)(C)C(C)(C)C)C(C)(C)O)C(=O)CNC(=O)OCC1c2ccccc2-c2ccccc21. The van der Waals surface area contributed by atoms with Gasteiger partial charge in [0.15, 0.2) is 26.7 Å². The molecule has 442 valence electrons. The van der Waals surface area contributed by atoms with Crippen molar-refractivity contribution in [3.63, 3.8) is 0 Å². The fourth-order valence-corrected chi connectivity index (χ4v) is 14.0. The number of carbonyl (C=O) groups excluding carboxylic acids is 6. The molecule has 2 aromatic carbocycles. The normalized spacial score (nSPS) is 16.0. The number of carboxylic acids is 1. The molecule has 2 aromatic rings. The van der Waals surface area contributed by atoms with Gasteiger partial charge in [-0.2, -0.15) is 4.72 Å². The zero-order chi connectivity index (χ0) is 59.6. The second-order valence-corrected chi connectivity index (χ2v) is 36.5. The molecule has 0 aromatic heterocycles. The van der Waals surface area contributed by atoms with Crippen LogP contribution in [-0.2, 0) is 62.1 Å². The van der Waals surface area contributed by atoms with E-state index in [4.69, 9.17) is 28.1 Å². The molecule has 1 heterocycles. The molecule has 0 radical (unpaired) electrons. The van der Waals surface area contributed by atoms with E-state index in [1.165, 1.54) is 41.7 Å². The first-order valence-electron chi connectivity index (χ1n) is 26.3. The van der Waals surface area contributed by atoms with Crippen molar-refractivity contribution in [3.05, 3.63) is 59.7 Å². The Bertz CT molecular complexity index is 2560. The molecule has 0 spiro atoms. The predicted octanol–water partition coefficient (Wildman–Crippen LogP) is 5.02. The van der Waals surface area contributed by atoms with Crippen LogP contribution in [-0.4, -0.2) is 193 Å². The number of hydrogen-bond acceptors (Lipinski definition) is 16. The van der Waals surface area contributed by atoms with Crippen LogP contribution < -0.4 is 15.5 Å². The van der Waals surface area contributed by atoms with E-state index in [1.807, 2.05) is 102 Å². The molecule has 0 unspecified atom stereocenters. The number of carbonyl (C=O) groups is 7. The van der Waals surface area contributed by atoms with E-state index >= 15 is 4.79 Å². The van der Waals surface area contributed by atoms with Crippen molar-refractivity contribution >= 4 is 68.3 Å². The summed E-state index contributed by atoms with van der Waals surface area (Å²) < 4.78 is 65.1. The highest BCUT2D eigenvalue weighted by Gasteiger charge is 2.49. The molecular formula is C53H84N6O17SSi2. The summed E-state index contributed by atoms with van der Waals surface area (Å²) in [6.07, 6.45) is -4.40. The van der Waals surface area contributed by atoms with Gasteiger partial charge in [0, 0.05) is 34.5 Å². The van der Waals surface area contributed by atoms with Crippen molar-refractivity contribution in [3.8, 4) is 11.1 Å². The van der Waals surface area contributed by atoms with E-state index in [0.29, 0.717) is 11.4 Å². The third-order valence-electron chi connectivity index (χ3n) is 13.6. The lowest BCUT2D eigenvalue weighted by Crippen LogP contribution is -2.66. The molecule has 2 aliphatic rings. The van der Waals surface area contributed by atoms with Gasteiger partial charge in [-0.15, -0.1) is 0 Å². The highest BCUT2D eigenvalue weighted by molar-refractivity contribution is 7.89. The van der Waals surface area contributed by atoms with Gasteiger partial charge in [0.2, 0.25) is 21.8 Å². The first-order chi connectivity index (χ1) is 36.3. The number of fused-ring (bicyclic) bond motifs is 3. The van der Waals surface area contributed by atoms with Gasteiger partial charge >= 0.3 is 24.1 Å². The Balaban J connectivity index is 1.60. The molecule has 5 amide bonds. The molecule has 1 aliphatic heterocycles. The van der Waals surface area contributed by atoms with Crippen LogP contribution in [0, 0.1) is 0 Å². The van der Waals surface area contributed by atoms with Crippen molar-refractivity contribution in [1.82, 2.24) is 30.3 Å². The zero-order valence-corrected chi connectivity index (χ0v) is 51.2. The highest BCUT2D eigenvalue weighted by Crippen LogP contribution is 2.44. The average molecular weight is 1170 g/mol. The minimum atomic E-state index is -4.47. The lowest BCUT2D eigenvalue weighted by molar-refractivity contribution is -0.197. The number of rotatable bonds is 24. The highest BCUT2D eigenvalue weighted by atomic mass is 32.2. The zero-order valence-electron chi connectivity index (χ0n) is 48.4. The fourth-order valence-electron chi connectivity index (χ4n) is 8.44. The first kappa shape index (κ1) is 66.0. The number of likely N-dealkylation sites (N-methyl/N-ethyl adjacent to an activating group) is 2. The van der Waals surface area contributed by atoms with Crippen molar-refractivity contribution in [2.45, 2.75) is 160 Å². The Kier molecular flexibility index (Phi) is 22.4. The number of aliphatic carboxylic acids is 1. The predicted molar refractivity (Wildman–Crippen MR) is 298 cm³/mol. The van der Waals surface area contributed by atoms with Crippen molar-refractivity contribution in [1.29, 1.82) is 0 Å². The van der Waals surface area contributed by atoms with E-state index in [9.17, 15) is 47.4 Å². The molecule has 1 fully saturated rings. The van der Waals surface area contributed by atoms with E-state index in [-0.39, 0.29) is 38.2 Å². The molecular weight excluding hydrogens is 1080 g/mol. The summed E-state index contributed by atoms with van der Waals surface area (Å²) in [6.45, 7) is 20.2. The summed E-state index contributed by atoms with van der Waals surface area (Å²) in [4.78, 5) is 98.6. The number of hydrazine groups is 1. The van der Waals surface area contributed by atoms with Gasteiger partial charge in [0.05, 0.1) is 37.2 Å². The monoisotopic (exact) mass is 1160 g/mol. The van der Waals surface area contributed by atoms with E-state index < -0.39 is 140 Å². The Morgan fingerprint density at radius 3 is 1.87 bits per heavy atom. The summed E-state index contributed by atoms with van der Waals surface area (Å²) in [5.74, 6) is -6.80. The van der Waals surface area contributed by atoms with Crippen LogP contribution in [0.3, 0.4) is 0 Å². The molecule has 1 aliphatic carbocycles. The number of alkyl carbamates (subject to hydrolysis) is 1. The lowest BCUT2D eigenvalue weighted by atomic mass is 9.97. The smallest absolute Gasteiger partial charge is 0.426 e. The van der Waals surface area contributed by atoms with Crippen LogP contribution in [0.4, 0.5) is 9.59 Å². The molecule has 0 bridgehead atoms. The van der Waals surface area contributed by atoms with Crippen LogP contribution in [0.2, 0.25) is 43.8 Å². The molecule has 4 rings (SSSR count). The average Bonchev–Trinajstić information content (AvgIpc) is 3.69. The number of sulfonamides is 1. The summed E-state index contributed by atoms with van der Waals surface area (Å²) in [5.41, 5.74) is 2.99. The number of esters is 1. The number of nitrogens with one attached hydrogen (secondary N) is 3. The molecule has 23 nitrogen and oxygen atoms in total. The topological polar surface area (TPSA) is 295 Å². The third-order valence-corrected chi connectivity index (χ3v) is 21.6. The maximum Gasteiger partial charge on any atom is 0.426 e. The summed E-state index contributed by atoms with van der Waals surface area (Å²) in [7, 11) is -7.10. The lowest BCUT2D eigenvalue weighted by Gasteiger charge is -2.44. The van der Waals surface area contributed by atoms with Gasteiger partial charge in [0.25, 0.3) is 5.91 Å². The number of ether oxygens (including phenoxy) is 5. The second-order valence-electron chi connectivity index (χ2n) is 24.2. The van der Waals surface area contributed by atoms with Crippen LogP contribution >= 0.6 is 0 Å². The Hall–Kier alpha value is -5.49. The van der Waals surface area contributed by atoms with E-state index in [0.717, 1.165) is 39.1 Å². The van der Waals surface area contributed by atoms with Crippen molar-refractivity contribution < 1.29 is 80.3 Å². The number of aliphatic hydroxyl groups is 1. The van der Waals surface area contributed by atoms with E-state index in [2.05, 4.69) is 15.5 Å². The minimum Gasteiger partial charge on any atom is -0.480 e. The Labute approximate surface area is 466 Å². The largest absolute Gasteiger partial charge is 0.480 e. The number of carboxylic acid groups (broad SMARTS) is 1. The van der Waals surface area contributed by atoms with Crippen LogP contribution in [0.5, 0.6) is 0 Å². The molecule has 5 N–H and O–H groups in total. The van der Waals surface area contributed by atoms with Crippen LogP contribution in [0.25, 0.3) is 11.1 Å². The fraction of sp³-hybridized carbons (Fsp3) is 0.642. The maximum absolute atomic E-state index is 15.2. The minimum absolute atomic E-state index is 0.00996. The third kappa shape index (κ3) is 19.3. The van der Waals surface area contributed by atoms with Gasteiger partial charge in [-0.25, -0.2) is 38.0 Å². The Morgan fingerprint density at radius 2 is 1.37 bits per heavy atom. The first-order valence-corrected chi connectivity index (χ1v) is 34.5. The number of amides is 5. The van der Waals surface area contributed by atoms with Crippen LogP contribution in [0.15, 0.2) is 48.5 Å². The number of nitrogens with zero attached hydrogens (tertiary/aromatic N) is 3. The van der Waals surface area contributed by atoms with Crippen molar-refractivity contribution in [2.24, 2.45) is 0 Å². The van der Waals surface area contributed by atoms with Gasteiger partial charge in [-0.1, -0.05) is 88.9 Å². The summed E-state index contributed by atoms with van der Waals surface area (Å²) in [5, 5.41) is 24.8. The van der Waals surface area contributed by atoms with Crippen molar-refractivity contribution in [2.75, 3.05) is 59.4 Å². The molecule has 79 heavy (non-hydrogen) atoms. The van der Waals surface area contributed by atoms with Gasteiger partial charge in [-0.05, 0) is 87.5 Å². The summed E-state index contributed by atoms with van der Waals surface area (Å²) in [6, 6.07) is 9.60. The number of hydrogen-bond donors (Lipinski definition) is 5. The second kappa shape index (κ2) is 26.9. The van der Waals surface area contributed by atoms with Gasteiger partial charge < -0.3 is 53.4 Å². The van der Waals surface area contributed by atoms with Gasteiger partial charge in [0.1, 0.15) is 31.4 Å².